The lowest BCUT2D eigenvalue weighted by Crippen LogP contribution is -2.51. The molecule has 11 heteroatoms. The Morgan fingerprint density at radius 2 is 1.67 bits per heavy atom. The van der Waals surface area contributed by atoms with Crippen molar-refractivity contribution in [1.82, 2.24) is 30.3 Å². The summed E-state index contributed by atoms with van der Waals surface area (Å²) in [6.07, 6.45) is 3.76. The summed E-state index contributed by atoms with van der Waals surface area (Å²) in [7, 11) is 0. The van der Waals surface area contributed by atoms with Gasteiger partial charge in [0, 0.05) is 37.0 Å². The Bertz CT molecular complexity index is 1170. The first kappa shape index (κ1) is 21.2. The van der Waals surface area contributed by atoms with Gasteiger partial charge >= 0.3 is 11.4 Å². The molecule has 2 aromatic rings. The predicted molar refractivity (Wildman–Crippen MR) is 117 cm³/mol. The van der Waals surface area contributed by atoms with E-state index in [1.54, 1.807) is 24.3 Å². The highest BCUT2D eigenvalue weighted by molar-refractivity contribution is 5.94. The summed E-state index contributed by atoms with van der Waals surface area (Å²) in [5, 5.41) is 10.3. The van der Waals surface area contributed by atoms with Crippen molar-refractivity contribution in [2.24, 2.45) is 11.8 Å². The fourth-order valence-electron chi connectivity index (χ4n) is 5.39. The highest BCUT2D eigenvalue weighted by Gasteiger charge is 2.43. The zero-order valence-electron chi connectivity index (χ0n) is 18.0. The number of nitrogens with one attached hydrogen (secondary N) is 4. The molecule has 3 aliphatic rings. The van der Waals surface area contributed by atoms with Gasteiger partial charge in [-0.3, -0.25) is 14.4 Å². The molecule has 3 amide bonds. The molecule has 0 spiro atoms. The van der Waals surface area contributed by atoms with Crippen molar-refractivity contribution in [2.75, 3.05) is 13.1 Å². The number of aromatic nitrogens is 3. The molecule has 2 saturated heterocycles. The molecular formula is C22H26N6O5. The largest absolute Gasteiger partial charge is 0.351 e. The lowest BCUT2D eigenvalue weighted by atomic mass is 9.78. The number of fused-ring (bicyclic) bond motifs is 1. The van der Waals surface area contributed by atoms with Gasteiger partial charge in [-0.05, 0) is 49.4 Å². The maximum Gasteiger partial charge on any atom is 0.348 e. The van der Waals surface area contributed by atoms with Crippen molar-refractivity contribution < 1.29 is 14.4 Å². The molecule has 2 aliphatic heterocycles. The summed E-state index contributed by atoms with van der Waals surface area (Å²) in [5.74, 6) is 0.162. The summed E-state index contributed by atoms with van der Waals surface area (Å²) < 4.78 is 0.957. The van der Waals surface area contributed by atoms with Crippen LogP contribution in [0, 0.1) is 11.8 Å². The first-order chi connectivity index (χ1) is 15.9. The van der Waals surface area contributed by atoms with Gasteiger partial charge in [-0.2, -0.15) is 0 Å². The fourth-order valence-corrected chi connectivity index (χ4v) is 5.39. The summed E-state index contributed by atoms with van der Waals surface area (Å²) in [6.45, 7) is 1.19. The lowest BCUT2D eigenvalue weighted by Gasteiger charge is -2.34. The second-order valence-electron chi connectivity index (χ2n) is 9.08. The van der Waals surface area contributed by atoms with Crippen LogP contribution in [-0.4, -0.2) is 62.6 Å². The van der Waals surface area contributed by atoms with Crippen molar-refractivity contribution in [3.8, 4) is 5.69 Å². The zero-order chi connectivity index (χ0) is 23.1. The molecule has 0 radical (unpaired) electrons. The number of rotatable bonds is 4. The molecule has 3 fully saturated rings. The first-order valence-electron chi connectivity index (χ1n) is 11.3. The van der Waals surface area contributed by atoms with Crippen LogP contribution < -0.4 is 22.0 Å². The number of likely N-dealkylation sites (tertiary alicyclic amines) is 1. The van der Waals surface area contributed by atoms with E-state index in [0.29, 0.717) is 43.1 Å². The van der Waals surface area contributed by atoms with Gasteiger partial charge in [0.25, 0.3) is 5.91 Å². The minimum atomic E-state index is -0.576. The maximum absolute atomic E-state index is 13.1. The maximum atomic E-state index is 13.1. The minimum Gasteiger partial charge on any atom is -0.351 e. The highest BCUT2D eigenvalue weighted by atomic mass is 16.2. The topological polar surface area (TPSA) is 149 Å². The average molecular weight is 454 g/mol. The third kappa shape index (κ3) is 3.98. The van der Waals surface area contributed by atoms with E-state index in [4.69, 9.17) is 0 Å². The third-order valence-corrected chi connectivity index (χ3v) is 7.08. The fraction of sp³-hybridized carbons (Fsp3) is 0.500. The summed E-state index contributed by atoms with van der Waals surface area (Å²) in [5.41, 5.74) is -0.302. The quantitative estimate of drug-likeness (QED) is 0.491. The van der Waals surface area contributed by atoms with E-state index in [0.717, 1.165) is 23.8 Å². The number of H-pyrrole nitrogens is 2. The van der Waals surface area contributed by atoms with E-state index in [2.05, 4.69) is 20.8 Å². The number of amides is 3. The zero-order valence-corrected chi connectivity index (χ0v) is 18.0. The van der Waals surface area contributed by atoms with Gasteiger partial charge in [0.15, 0.2) is 0 Å². The smallest absolute Gasteiger partial charge is 0.348 e. The van der Waals surface area contributed by atoms with E-state index in [1.165, 1.54) is 0 Å². The summed E-state index contributed by atoms with van der Waals surface area (Å²) in [6, 6.07) is 5.89. The van der Waals surface area contributed by atoms with Crippen molar-refractivity contribution in [3.05, 3.63) is 50.8 Å². The van der Waals surface area contributed by atoms with Crippen LogP contribution in [-0.2, 0) is 9.59 Å². The molecule has 33 heavy (non-hydrogen) atoms. The molecule has 5 rings (SSSR count). The summed E-state index contributed by atoms with van der Waals surface area (Å²) >= 11 is 0. The minimum absolute atomic E-state index is 0.0129. The number of hydrogen-bond acceptors (Lipinski definition) is 5. The predicted octanol–water partition coefficient (Wildman–Crippen LogP) is -0.511. The van der Waals surface area contributed by atoms with E-state index >= 15 is 0 Å². The van der Waals surface area contributed by atoms with E-state index in [-0.39, 0.29) is 29.7 Å². The highest BCUT2D eigenvalue weighted by Crippen LogP contribution is 2.37. The molecule has 1 unspecified atom stereocenters. The van der Waals surface area contributed by atoms with Crippen LogP contribution >= 0.6 is 0 Å². The molecule has 1 aromatic carbocycles. The van der Waals surface area contributed by atoms with Gasteiger partial charge in [-0.15, -0.1) is 0 Å². The second kappa shape index (κ2) is 8.38. The second-order valence-corrected chi connectivity index (χ2v) is 9.08. The van der Waals surface area contributed by atoms with Gasteiger partial charge in [-0.1, -0.05) is 6.42 Å². The number of aromatic amines is 2. The Hall–Kier alpha value is -3.63. The molecule has 3 heterocycles. The van der Waals surface area contributed by atoms with E-state index in [1.807, 2.05) is 4.90 Å². The molecule has 4 N–H and O–H groups in total. The Morgan fingerprint density at radius 3 is 2.33 bits per heavy atom. The molecule has 1 saturated carbocycles. The van der Waals surface area contributed by atoms with Crippen LogP contribution in [0.1, 0.15) is 42.5 Å². The van der Waals surface area contributed by atoms with Crippen LogP contribution in [0.2, 0.25) is 0 Å². The van der Waals surface area contributed by atoms with Crippen LogP contribution in [0.25, 0.3) is 5.69 Å². The van der Waals surface area contributed by atoms with Gasteiger partial charge < -0.3 is 15.5 Å². The molecular weight excluding hydrogens is 428 g/mol. The number of carbonyl (C=O) groups is 3. The number of carbonyl (C=O) groups excluding carboxylic acids is 3. The van der Waals surface area contributed by atoms with E-state index in [9.17, 15) is 24.0 Å². The summed E-state index contributed by atoms with van der Waals surface area (Å²) in [4.78, 5) is 62.5. The van der Waals surface area contributed by atoms with Crippen molar-refractivity contribution in [2.45, 2.75) is 44.2 Å². The Morgan fingerprint density at radius 1 is 0.939 bits per heavy atom. The molecule has 4 atom stereocenters. The third-order valence-electron chi connectivity index (χ3n) is 7.08. The monoisotopic (exact) mass is 454 g/mol. The standard InChI is InChI=1S/C22H26N6O5/c29-18-9-8-17(23-18)19(30)24-16-3-1-2-13-10-27(11-15(13)16)20(31)12-4-6-14(7-5-12)28-21(32)25-26-22(28)33/h4-7,13,15-17H,1-3,8-11H2,(H,23,29)(H,24,30)(H,25,32)(H,26,33)/t13-,15-,16+,17?/m1/s1. The van der Waals surface area contributed by atoms with Gasteiger partial charge in [0.2, 0.25) is 11.8 Å². The van der Waals surface area contributed by atoms with Crippen molar-refractivity contribution in [3.63, 3.8) is 0 Å². The molecule has 0 bridgehead atoms. The SMILES string of the molecule is O=C1CCC(C(=O)N[C@H]2CCC[C@@H]3CN(C(=O)c4ccc(-n5c(=O)[nH][nH]c5=O)cc4)C[C@H]32)N1. The van der Waals surface area contributed by atoms with Gasteiger partial charge in [-0.25, -0.2) is 24.4 Å². The molecule has 11 nitrogen and oxygen atoms in total. The van der Waals surface area contributed by atoms with Crippen LogP contribution in [0.3, 0.4) is 0 Å². The van der Waals surface area contributed by atoms with Crippen LogP contribution in [0.15, 0.2) is 33.9 Å². The Balaban J connectivity index is 1.26. The van der Waals surface area contributed by atoms with E-state index < -0.39 is 17.4 Å². The number of hydrogen-bond donors (Lipinski definition) is 4. The molecule has 174 valence electrons. The lowest BCUT2D eigenvalue weighted by molar-refractivity contribution is -0.126. The van der Waals surface area contributed by atoms with Gasteiger partial charge in [0.1, 0.15) is 6.04 Å². The Labute approximate surface area is 188 Å². The normalized spacial score (nSPS) is 26.7. The molecule has 1 aliphatic carbocycles. The van der Waals surface area contributed by atoms with Crippen LogP contribution in [0.5, 0.6) is 0 Å². The number of nitrogens with zero attached hydrogens (tertiary/aromatic N) is 2. The molecule has 1 aromatic heterocycles. The average Bonchev–Trinajstić information content (AvgIpc) is 3.52. The Kier molecular flexibility index (Phi) is 5.39. The first-order valence-corrected chi connectivity index (χ1v) is 11.3. The van der Waals surface area contributed by atoms with Crippen molar-refractivity contribution >= 4 is 17.7 Å². The number of benzene rings is 1. The van der Waals surface area contributed by atoms with Crippen molar-refractivity contribution in [1.29, 1.82) is 0 Å². The van der Waals surface area contributed by atoms with Gasteiger partial charge in [0.05, 0.1) is 5.69 Å². The van der Waals surface area contributed by atoms with Crippen LogP contribution in [0.4, 0.5) is 0 Å².